The van der Waals surface area contributed by atoms with Crippen LogP contribution in [0.15, 0.2) is 36.4 Å². The van der Waals surface area contributed by atoms with E-state index in [0.29, 0.717) is 22.1 Å². The van der Waals surface area contributed by atoms with Gasteiger partial charge in [-0.1, -0.05) is 11.6 Å². The first-order valence-electron chi connectivity index (χ1n) is 5.74. The number of rotatable bonds is 3. The number of benzene rings is 2. The van der Waals surface area contributed by atoms with Gasteiger partial charge in [0, 0.05) is 10.6 Å². The molecule has 0 spiro atoms. The minimum Gasteiger partial charge on any atom is -0.504 e. The Bertz CT molecular complexity index is 659. The average Bonchev–Trinajstić information content (AvgIpc) is 2.42. The molecular formula is C14H13ClN2O3. The van der Waals surface area contributed by atoms with Crippen molar-refractivity contribution >= 4 is 28.9 Å². The van der Waals surface area contributed by atoms with Crippen LogP contribution in [-0.4, -0.2) is 18.1 Å². The lowest BCUT2D eigenvalue weighted by Gasteiger charge is -2.10. The molecule has 0 bridgehead atoms. The summed E-state index contributed by atoms with van der Waals surface area (Å²) in [5, 5.41) is 12.8. The standard InChI is InChI=1S/C14H13ClN2O3/c1-20-13-5-2-8(6-12(13)18)14(19)17-11-7-9(15)3-4-10(11)16/h2-7,18H,16H2,1H3,(H,17,19). The molecule has 0 radical (unpaired) electrons. The van der Waals surface area contributed by atoms with Crippen molar-refractivity contribution in [2.45, 2.75) is 0 Å². The maximum atomic E-state index is 12.1. The van der Waals surface area contributed by atoms with Crippen molar-refractivity contribution in [3.63, 3.8) is 0 Å². The Morgan fingerprint density at radius 1 is 1.30 bits per heavy atom. The quantitative estimate of drug-likeness (QED) is 0.759. The Morgan fingerprint density at radius 2 is 2.05 bits per heavy atom. The Labute approximate surface area is 120 Å². The highest BCUT2D eigenvalue weighted by Gasteiger charge is 2.11. The number of hydrogen-bond acceptors (Lipinski definition) is 4. The number of anilines is 2. The molecule has 104 valence electrons. The van der Waals surface area contributed by atoms with Crippen molar-refractivity contribution < 1.29 is 14.6 Å². The Hall–Kier alpha value is -2.40. The molecule has 0 aromatic heterocycles. The van der Waals surface area contributed by atoms with E-state index in [2.05, 4.69) is 5.32 Å². The molecule has 2 aromatic rings. The van der Waals surface area contributed by atoms with Gasteiger partial charge in [0.25, 0.3) is 5.91 Å². The Kier molecular flexibility index (Phi) is 4.00. The number of hydrogen-bond donors (Lipinski definition) is 3. The third kappa shape index (κ3) is 2.95. The summed E-state index contributed by atoms with van der Waals surface area (Å²) in [4.78, 5) is 12.1. The molecule has 0 aliphatic rings. The fourth-order valence-electron chi connectivity index (χ4n) is 1.66. The molecule has 2 rings (SSSR count). The lowest BCUT2D eigenvalue weighted by atomic mass is 10.1. The first kappa shape index (κ1) is 14.0. The van der Waals surface area contributed by atoms with E-state index in [1.54, 1.807) is 18.2 Å². The van der Waals surface area contributed by atoms with Crippen molar-refractivity contribution in [3.05, 3.63) is 47.0 Å². The monoisotopic (exact) mass is 292 g/mol. The van der Waals surface area contributed by atoms with Crippen molar-refractivity contribution in [1.82, 2.24) is 0 Å². The molecule has 4 N–H and O–H groups in total. The summed E-state index contributed by atoms with van der Waals surface area (Å²) in [5.41, 5.74) is 6.85. The number of amides is 1. The van der Waals surface area contributed by atoms with E-state index in [9.17, 15) is 9.90 Å². The van der Waals surface area contributed by atoms with Gasteiger partial charge in [0.05, 0.1) is 18.5 Å². The largest absolute Gasteiger partial charge is 0.504 e. The van der Waals surface area contributed by atoms with E-state index < -0.39 is 5.91 Å². The van der Waals surface area contributed by atoms with Gasteiger partial charge in [-0.05, 0) is 36.4 Å². The zero-order valence-corrected chi connectivity index (χ0v) is 11.4. The number of nitrogens with one attached hydrogen (secondary N) is 1. The summed E-state index contributed by atoms with van der Waals surface area (Å²) in [6, 6.07) is 9.14. The maximum Gasteiger partial charge on any atom is 0.255 e. The number of ether oxygens (including phenoxy) is 1. The van der Waals surface area contributed by atoms with Gasteiger partial charge in [0.1, 0.15) is 0 Å². The smallest absolute Gasteiger partial charge is 0.255 e. The van der Waals surface area contributed by atoms with Gasteiger partial charge in [-0.15, -0.1) is 0 Å². The minimum atomic E-state index is -0.406. The first-order chi connectivity index (χ1) is 9.51. The first-order valence-corrected chi connectivity index (χ1v) is 6.12. The fourth-order valence-corrected chi connectivity index (χ4v) is 1.83. The van der Waals surface area contributed by atoms with Crippen molar-refractivity contribution in [1.29, 1.82) is 0 Å². The lowest BCUT2D eigenvalue weighted by Crippen LogP contribution is -2.13. The molecule has 0 fully saturated rings. The summed E-state index contributed by atoms with van der Waals surface area (Å²) < 4.78 is 4.91. The van der Waals surface area contributed by atoms with Crippen LogP contribution in [0.1, 0.15) is 10.4 Å². The molecular weight excluding hydrogens is 280 g/mol. The van der Waals surface area contributed by atoms with Crippen LogP contribution in [0.4, 0.5) is 11.4 Å². The fraction of sp³-hybridized carbons (Fsp3) is 0.0714. The molecule has 20 heavy (non-hydrogen) atoms. The molecule has 0 heterocycles. The number of phenols is 1. The average molecular weight is 293 g/mol. The number of halogens is 1. The molecule has 0 atom stereocenters. The zero-order chi connectivity index (χ0) is 14.7. The van der Waals surface area contributed by atoms with E-state index in [-0.39, 0.29) is 11.3 Å². The minimum absolute atomic E-state index is 0.112. The number of methoxy groups -OCH3 is 1. The second kappa shape index (κ2) is 5.71. The highest BCUT2D eigenvalue weighted by molar-refractivity contribution is 6.31. The molecule has 0 saturated heterocycles. The van der Waals surface area contributed by atoms with Crippen LogP contribution in [0.3, 0.4) is 0 Å². The van der Waals surface area contributed by atoms with Gasteiger partial charge in [-0.3, -0.25) is 4.79 Å². The maximum absolute atomic E-state index is 12.1. The van der Waals surface area contributed by atoms with Crippen LogP contribution >= 0.6 is 11.6 Å². The van der Waals surface area contributed by atoms with Crippen LogP contribution in [0.2, 0.25) is 5.02 Å². The summed E-state index contributed by atoms with van der Waals surface area (Å²) in [7, 11) is 1.43. The van der Waals surface area contributed by atoms with Crippen LogP contribution in [0, 0.1) is 0 Å². The van der Waals surface area contributed by atoms with Crippen molar-refractivity contribution in [2.75, 3.05) is 18.2 Å². The van der Waals surface area contributed by atoms with E-state index in [0.717, 1.165) is 0 Å². The molecule has 1 amide bonds. The lowest BCUT2D eigenvalue weighted by molar-refractivity contribution is 0.102. The predicted octanol–water partition coefficient (Wildman–Crippen LogP) is 2.89. The second-order valence-electron chi connectivity index (χ2n) is 4.07. The summed E-state index contributed by atoms with van der Waals surface area (Å²) in [6.45, 7) is 0. The molecule has 6 heteroatoms. The van der Waals surface area contributed by atoms with E-state index in [4.69, 9.17) is 22.1 Å². The van der Waals surface area contributed by atoms with Crippen LogP contribution in [-0.2, 0) is 0 Å². The zero-order valence-electron chi connectivity index (χ0n) is 10.7. The molecule has 0 saturated carbocycles. The molecule has 5 nitrogen and oxygen atoms in total. The Morgan fingerprint density at radius 3 is 2.70 bits per heavy atom. The van der Waals surface area contributed by atoms with Gasteiger partial charge in [-0.2, -0.15) is 0 Å². The van der Waals surface area contributed by atoms with Gasteiger partial charge < -0.3 is 20.9 Å². The van der Waals surface area contributed by atoms with Gasteiger partial charge in [0.2, 0.25) is 0 Å². The number of nitrogens with two attached hydrogens (primary N) is 1. The number of carbonyl (C=O) groups is 1. The topological polar surface area (TPSA) is 84.6 Å². The highest BCUT2D eigenvalue weighted by Crippen LogP contribution is 2.27. The second-order valence-corrected chi connectivity index (χ2v) is 4.51. The molecule has 0 aliphatic heterocycles. The molecule has 2 aromatic carbocycles. The number of phenolic OH excluding ortho intramolecular Hbond substituents is 1. The number of aromatic hydroxyl groups is 1. The normalized spacial score (nSPS) is 10.1. The van der Waals surface area contributed by atoms with Gasteiger partial charge >= 0.3 is 0 Å². The molecule has 0 unspecified atom stereocenters. The van der Waals surface area contributed by atoms with Crippen molar-refractivity contribution in [2.24, 2.45) is 0 Å². The van der Waals surface area contributed by atoms with Gasteiger partial charge in [0.15, 0.2) is 11.5 Å². The summed E-state index contributed by atoms with van der Waals surface area (Å²) in [5.74, 6) is -0.222. The summed E-state index contributed by atoms with van der Waals surface area (Å²) in [6.07, 6.45) is 0. The molecule has 0 aliphatic carbocycles. The Balaban J connectivity index is 2.24. The highest BCUT2D eigenvalue weighted by atomic mass is 35.5. The van der Waals surface area contributed by atoms with Crippen LogP contribution in [0.25, 0.3) is 0 Å². The van der Waals surface area contributed by atoms with Crippen LogP contribution < -0.4 is 15.8 Å². The van der Waals surface area contributed by atoms with Crippen LogP contribution in [0.5, 0.6) is 11.5 Å². The van der Waals surface area contributed by atoms with E-state index in [1.165, 1.54) is 25.3 Å². The number of carbonyl (C=O) groups excluding carboxylic acids is 1. The van der Waals surface area contributed by atoms with E-state index >= 15 is 0 Å². The van der Waals surface area contributed by atoms with E-state index in [1.807, 2.05) is 0 Å². The third-order valence-corrected chi connectivity index (χ3v) is 2.94. The summed E-state index contributed by atoms with van der Waals surface area (Å²) >= 11 is 5.85. The number of nitrogen functional groups attached to an aromatic ring is 1. The van der Waals surface area contributed by atoms with Gasteiger partial charge in [-0.25, -0.2) is 0 Å². The predicted molar refractivity (Wildman–Crippen MR) is 78.5 cm³/mol. The van der Waals surface area contributed by atoms with Crippen molar-refractivity contribution in [3.8, 4) is 11.5 Å². The third-order valence-electron chi connectivity index (χ3n) is 2.70. The SMILES string of the molecule is COc1ccc(C(=O)Nc2cc(Cl)ccc2N)cc1O.